The highest BCUT2D eigenvalue weighted by atomic mass is 127. The SMILES string of the molecule is COCCCNC(=NCc1nnc(C)n1C)N1CCC(COCCOC)C1.I. The minimum absolute atomic E-state index is 0. The maximum atomic E-state index is 5.70. The average molecular weight is 510 g/mol. The van der Waals surface area contributed by atoms with Crippen molar-refractivity contribution < 1.29 is 14.2 Å². The van der Waals surface area contributed by atoms with Crippen LogP contribution in [-0.2, 0) is 27.8 Å². The molecule has 9 nitrogen and oxygen atoms in total. The van der Waals surface area contributed by atoms with Crippen LogP contribution in [0.5, 0.6) is 0 Å². The smallest absolute Gasteiger partial charge is 0.194 e. The minimum Gasteiger partial charge on any atom is -0.385 e. The summed E-state index contributed by atoms with van der Waals surface area (Å²) in [6.07, 6.45) is 2.05. The van der Waals surface area contributed by atoms with E-state index in [1.807, 2.05) is 18.5 Å². The molecule has 1 aromatic rings. The van der Waals surface area contributed by atoms with Crippen LogP contribution in [0, 0.1) is 12.8 Å². The van der Waals surface area contributed by atoms with Gasteiger partial charge in [0.2, 0.25) is 0 Å². The molecule has 1 unspecified atom stereocenters. The number of hydrogen-bond acceptors (Lipinski definition) is 6. The molecule has 162 valence electrons. The molecule has 1 aliphatic heterocycles. The Balaban J connectivity index is 0.00000392. The molecule has 1 fully saturated rings. The van der Waals surface area contributed by atoms with E-state index in [0.29, 0.717) is 25.7 Å². The van der Waals surface area contributed by atoms with Gasteiger partial charge in [0.05, 0.1) is 19.8 Å². The first-order valence-corrected chi connectivity index (χ1v) is 9.59. The van der Waals surface area contributed by atoms with Gasteiger partial charge in [0.1, 0.15) is 12.4 Å². The van der Waals surface area contributed by atoms with Crippen LogP contribution in [0.1, 0.15) is 24.5 Å². The summed E-state index contributed by atoms with van der Waals surface area (Å²) in [6, 6.07) is 0. The summed E-state index contributed by atoms with van der Waals surface area (Å²) >= 11 is 0. The van der Waals surface area contributed by atoms with Gasteiger partial charge in [0, 0.05) is 53.4 Å². The molecule has 1 N–H and O–H groups in total. The first kappa shape index (κ1) is 25.1. The minimum atomic E-state index is 0. The molecule has 0 spiro atoms. The van der Waals surface area contributed by atoms with E-state index >= 15 is 0 Å². The Labute approximate surface area is 185 Å². The predicted molar refractivity (Wildman–Crippen MR) is 119 cm³/mol. The monoisotopic (exact) mass is 510 g/mol. The van der Waals surface area contributed by atoms with E-state index in [0.717, 1.165) is 63.3 Å². The van der Waals surface area contributed by atoms with Gasteiger partial charge >= 0.3 is 0 Å². The number of halogens is 1. The number of guanidine groups is 1. The predicted octanol–water partition coefficient (Wildman–Crippen LogP) is 1.21. The summed E-state index contributed by atoms with van der Waals surface area (Å²) in [6.45, 7) is 7.99. The summed E-state index contributed by atoms with van der Waals surface area (Å²) in [5.74, 6) is 3.20. The van der Waals surface area contributed by atoms with Gasteiger partial charge in [-0.3, -0.25) is 0 Å². The fourth-order valence-electron chi connectivity index (χ4n) is 2.97. The van der Waals surface area contributed by atoms with Gasteiger partial charge < -0.3 is 29.0 Å². The molecule has 1 saturated heterocycles. The van der Waals surface area contributed by atoms with Crippen LogP contribution in [0.4, 0.5) is 0 Å². The normalized spacial score (nSPS) is 17.1. The number of nitrogens with one attached hydrogen (secondary N) is 1. The summed E-state index contributed by atoms with van der Waals surface area (Å²) in [7, 11) is 5.38. The number of hydrogen-bond donors (Lipinski definition) is 1. The van der Waals surface area contributed by atoms with Gasteiger partial charge in [0.15, 0.2) is 11.8 Å². The molecular formula is C18H35IN6O3. The van der Waals surface area contributed by atoms with E-state index in [4.69, 9.17) is 19.2 Å². The van der Waals surface area contributed by atoms with Crippen molar-refractivity contribution in [1.29, 1.82) is 0 Å². The quantitative estimate of drug-likeness (QED) is 0.207. The van der Waals surface area contributed by atoms with Crippen LogP contribution in [0.25, 0.3) is 0 Å². The van der Waals surface area contributed by atoms with Gasteiger partial charge in [-0.2, -0.15) is 0 Å². The Morgan fingerprint density at radius 1 is 1.21 bits per heavy atom. The molecular weight excluding hydrogens is 475 g/mol. The van der Waals surface area contributed by atoms with Crippen molar-refractivity contribution in [3.05, 3.63) is 11.6 Å². The molecule has 0 radical (unpaired) electrons. The Kier molecular flexibility index (Phi) is 12.6. The molecule has 1 atom stereocenters. The standard InChI is InChI=1S/C18H34N6O3.HI/c1-15-21-22-17(23(15)2)12-20-18(19-7-5-9-25-3)24-8-6-16(13-24)14-27-11-10-26-4;/h16H,5-14H2,1-4H3,(H,19,20);1H. The maximum Gasteiger partial charge on any atom is 0.194 e. The lowest BCUT2D eigenvalue weighted by molar-refractivity contribution is 0.0536. The highest BCUT2D eigenvalue weighted by Gasteiger charge is 2.25. The highest BCUT2D eigenvalue weighted by Crippen LogP contribution is 2.17. The summed E-state index contributed by atoms with van der Waals surface area (Å²) in [4.78, 5) is 7.10. The first-order chi connectivity index (χ1) is 13.2. The molecule has 1 aliphatic rings. The van der Waals surface area contributed by atoms with Gasteiger partial charge in [-0.15, -0.1) is 34.2 Å². The van der Waals surface area contributed by atoms with Crippen molar-refractivity contribution in [2.24, 2.45) is 18.0 Å². The van der Waals surface area contributed by atoms with Crippen molar-refractivity contribution in [3.63, 3.8) is 0 Å². The number of rotatable bonds is 11. The fourth-order valence-corrected chi connectivity index (χ4v) is 2.97. The second-order valence-electron chi connectivity index (χ2n) is 6.80. The molecule has 0 saturated carbocycles. The van der Waals surface area contributed by atoms with Crippen molar-refractivity contribution >= 4 is 29.9 Å². The third kappa shape index (κ3) is 8.18. The summed E-state index contributed by atoms with van der Waals surface area (Å²) in [5, 5.41) is 11.8. The van der Waals surface area contributed by atoms with Crippen molar-refractivity contribution in [1.82, 2.24) is 25.0 Å². The van der Waals surface area contributed by atoms with Crippen LogP contribution < -0.4 is 5.32 Å². The number of ether oxygens (including phenoxy) is 3. The molecule has 0 aliphatic carbocycles. The maximum absolute atomic E-state index is 5.70. The molecule has 2 heterocycles. The first-order valence-electron chi connectivity index (χ1n) is 9.59. The second kappa shape index (κ2) is 14.1. The van der Waals surface area contributed by atoms with Crippen LogP contribution in [0.3, 0.4) is 0 Å². The zero-order valence-electron chi connectivity index (χ0n) is 17.5. The van der Waals surface area contributed by atoms with Crippen molar-refractivity contribution in [2.45, 2.75) is 26.3 Å². The molecule has 2 rings (SSSR count). The summed E-state index contributed by atoms with van der Waals surface area (Å²) in [5.41, 5.74) is 0. The van der Waals surface area contributed by atoms with E-state index in [1.54, 1.807) is 14.2 Å². The van der Waals surface area contributed by atoms with Crippen LogP contribution in [0.15, 0.2) is 4.99 Å². The lowest BCUT2D eigenvalue weighted by Gasteiger charge is -2.22. The lowest BCUT2D eigenvalue weighted by atomic mass is 10.1. The largest absolute Gasteiger partial charge is 0.385 e. The molecule has 0 bridgehead atoms. The van der Waals surface area contributed by atoms with Crippen LogP contribution >= 0.6 is 24.0 Å². The number of aryl methyl sites for hydroxylation is 1. The number of likely N-dealkylation sites (tertiary alicyclic amines) is 1. The average Bonchev–Trinajstić information content (AvgIpc) is 3.26. The van der Waals surface area contributed by atoms with E-state index in [1.165, 1.54) is 0 Å². The van der Waals surface area contributed by atoms with E-state index in [-0.39, 0.29) is 24.0 Å². The van der Waals surface area contributed by atoms with Crippen molar-refractivity contribution in [3.8, 4) is 0 Å². The third-order valence-corrected chi connectivity index (χ3v) is 4.73. The number of nitrogens with zero attached hydrogens (tertiary/aromatic N) is 5. The van der Waals surface area contributed by atoms with Gasteiger partial charge in [-0.25, -0.2) is 4.99 Å². The van der Waals surface area contributed by atoms with Gasteiger partial charge in [0.25, 0.3) is 0 Å². The van der Waals surface area contributed by atoms with Crippen molar-refractivity contribution in [2.75, 3.05) is 60.3 Å². The highest BCUT2D eigenvalue weighted by molar-refractivity contribution is 14.0. The molecule has 0 amide bonds. The Bertz CT molecular complexity index is 584. The van der Waals surface area contributed by atoms with Gasteiger partial charge in [-0.1, -0.05) is 0 Å². The Morgan fingerprint density at radius 3 is 2.68 bits per heavy atom. The number of methoxy groups -OCH3 is 2. The van der Waals surface area contributed by atoms with Crippen LogP contribution in [-0.4, -0.2) is 85.9 Å². The Hall–Kier alpha value is -0.980. The van der Waals surface area contributed by atoms with E-state index < -0.39 is 0 Å². The number of aliphatic imine (C=N–C) groups is 1. The van der Waals surface area contributed by atoms with Crippen LogP contribution in [0.2, 0.25) is 0 Å². The van der Waals surface area contributed by atoms with Gasteiger partial charge in [-0.05, 0) is 19.8 Å². The zero-order chi connectivity index (χ0) is 19.5. The molecule has 10 heteroatoms. The molecule has 28 heavy (non-hydrogen) atoms. The van der Waals surface area contributed by atoms with E-state index in [2.05, 4.69) is 20.4 Å². The summed E-state index contributed by atoms with van der Waals surface area (Å²) < 4.78 is 17.8. The molecule has 1 aromatic heterocycles. The van der Waals surface area contributed by atoms with E-state index in [9.17, 15) is 0 Å². The zero-order valence-corrected chi connectivity index (χ0v) is 19.8. The lowest BCUT2D eigenvalue weighted by Crippen LogP contribution is -2.41. The topological polar surface area (TPSA) is 86.0 Å². The Morgan fingerprint density at radius 2 is 2.00 bits per heavy atom. The fraction of sp³-hybridized carbons (Fsp3) is 0.833. The number of aromatic nitrogens is 3. The third-order valence-electron chi connectivity index (χ3n) is 4.73. The second-order valence-corrected chi connectivity index (χ2v) is 6.80. The molecule has 0 aromatic carbocycles.